The van der Waals surface area contributed by atoms with Crippen molar-refractivity contribution in [1.29, 1.82) is 0 Å². The van der Waals surface area contributed by atoms with E-state index in [1.807, 2.05) is 32.2 Å². The summed E-state index contributed by atoms with van der Waals surface area (Å²) in [6.45, 7) is 7.37. The zero-order valence-corrected chi connectivity index (χ0v) is 29.4. The molecule has 3 saturated carbocycles. The Balaban J connectivity index is 1.42. The van der Waals surface area contributed by atoms with Crippen molar-refractivity contribution in [3.8, 4) is 0 Å². The van der Waals surface area contributed by atoms with Crippen LogP contribution in [0.15, 0.2) is 35.2 Å². The summed E-state index contributed by atoms with van der Waals surface area (Å²) >= 11 is 0. The monoisotopic (exact) mass is 689 g/mol. The first-order valence-corrected chi connectivity index (χ1v) is 18.3. The van der Waals surface area contributed by atoms with Crippen LogP contribution in [0.3, 0.4) is 0 Å². The van der Waals surface area contributed by atoms with Crippen molar-refractivity contribution in [2.45, 2.75) is 127 Å². The highest BCUT2D eigenvalue weighted by Gasteiger charge is 2.71. The third-order valence-electron chi connectivity index (χ3n) is 13.9. The first-order valence-electron chi connectivity index (χ1n) is 18.3. The average molecular weight is 690 g/mol. The fraction of sp³-hybridized carbons (Fsp3) is 0.811. The number of ketones is 1. The molecule has 276 valence electrons. The number of Topliss-reactive ketones (excluding diaryl/α,β-unsaturated/α-hetero) is 1. The second-order valence-electron chi connectivity index (χ2n) is 16.8. The Morgan fingerprint density at radius 2 is 1.92 bits per heavy atom. The standard InChI is InChI=1S/C37H59N3O9/c1-19-18-49-32(22(19)17-41)33(46)35(4,47)27-9-12-37(48)29-23(8-10-34(27,37)3)36(11-7-21-5-6-28(38)39-16-21)14-26(44)25(43)13-24(36)31(45)30(29)40-15-20(2)42/h5-6,16,19-20,22-28,32-33,39-44,46-48H,7-15,17-18,38H2,1-4H3/t19-,20+,22+,23+,24+,25-,26+,27+,28?,32-,33-,34-,35-,36-,37-/m1/s1. The highest BCUT2D eigenvalue weighted by atomic mass is 16.5. The lowest BCUT2D eigenvalue weighted by Gasteiger charge is -2.62. The van der Waals surface area contributed by atoms with Gasteiger partial charge in [0.25, 0.3) is 0 Å². The number of ether oxygens (including phenoxy) is 1. The molecule has 4 aliphatic carbocycles. The molecule has 0 radical (unpaired) electrons. The molecule has 6 aliphatic rings. The molecule has 49 heavy (non-hydrogen) atoms. The maximum absolute atomic E-state index is 14.8. The van der Waals surface area contributed by atoms with Gasteiger partial charge in [-0.2, -0.15) is 0 Å². The highest BCUT2D eigenvalue weighted by molar-refractivity contribution is 6.00. The van der Waals surface area contributed by atoms with Crippen LogP contribution in [0.25, 0.3) is 0 Å². The van der Waals surface area contributed by atoms with E-state index in [1.54, 1.807) is 13.8 Å². The highest BCUT2D eigenvalue weighted by Crippen LogP contribution is 2.70. The largest absolute Gasteiger partial charge is 0.396 e. The summed E-state index contributed by atoms with van der Waals surface area (Å²) in [5.74, 6) is -2.11. The van der Waals surface area contributed by atoms with Crippen LogP contribution in [0.2, 0.25) is 0 Å². The Morgan fingerprint density at radius 3 is 2.57 bits per heavy atom. The number of nitrogens with two attached hydrogens (primary N) is 1. The van der Waals surface area contributed by atoms with Gasteiger partial charge in [0.05, 0.1) is 54.1 Å². The van der Waals surface area contributed by atoms with Crippen molar-refractivity contribution in [1.82, 2.24) is 10.6 Å². The number of hydrogen-bond donors (Lipinski definition) is 10. The Hall–Kier alpha value is -1.87. The van der Waals surface area contributed by atoms with E-state index in [0.29, 0.717) is 44.3 Å². The summed E-state index contributed by atoms with van der Waals surface area (Å²) in [4.78, 5) is 14.8. The van der Waals surface area contributed by atoms with Crippen LogP contribution in [0.4, 0.5) is 0 Å². The Labute approximate surface area is 289 Å². The van der Waals surface area contributed by atoms with E-state index < -0.39 is 64.4 Å². The molecule has 1 saturated heterocycles. The van der Waals surface area contributed by atoms with Gasteiger partial charge in [0, 0.05) is 36.6 Å². The molecular formula is C37H59N3O9. The first-order chi connectivity index (χ1) is 23.0. The molecule has 6 rings (SSSR count). The molecule has 0 bridgehead atoms. The number of allylic oxidation sites excluding steroid dienone is 3. The van der Waals surface area contributed by atoms with Crippen molar-refractivity contribution in [3.63, 3.8) is 0 Å². The number of hydrogen-bond acceptors (Lipinski definition) is 12. The number of fused-ring (bicyclic) bond motifs is 5. The summed E-state index contributed by atoms with van der Waals surface area (Å²) in [5.41, 5.74) is 2.82. The van der Waals surface area contributed by atoms with Gasteiger partial charge in [-0.1, -0.05) is 19.9 Å². The van der Waals surface area contributed by atoms with Gasteiger partial charge in [-0.15, -0.1) is 0 Å². The van der Waals surface area contributed by atoms with E-state index in [1.165, 1.54) is 0 Å². The molecule has 0 amide bonds. The van der Waals surface area contributed by atoms with Crippen LogP contribution in [0, 0.1) is 40.4 Å². The maximum Gasteiger partial charge on any atom is 0.182 e. The van der Waals surface area contributed by atoms with E-state index in [4.69, 9.17) is 10.5 Å². The fourth-order valence-corrected chi connectivity index (χ4v) is 11.1. The predicted octanol–water partition coefficient (Wildman–Crippen LogP) is 0.333. The smallest absolute Gasteiger partial charge is 0.182 e. The molecule has 0 spiro atoms. The Morgan fingerprint density at radius 1 is 1.18 bits per heavy atom. The number of aliphatic hydroxyl groups excluding tert-OH is 5. The van der Waals surface area contributed by atoms with Crippen molar-refractivity contribution < 1.29 is 45.3 Å². The molecule has 2 aliphatic heterocycles. The minimum atomic E-state index is -1.69. The molecule has 0 aromatic heterocycles. The van der Waals surface area contributed by atoms with Crippen LogP contribution in [0.5, 0.6) is 0 Å². The molecule has 0 aromatic carbocycles. The van der Waals surface area contributed by atoms with Crippen LogP contribution >= 0.6 is 0 Å². The first kappa shape index (κ1) is 36.9. The van der Waals surface area contributed by atoms with Crippen molar-refractivity contribution in [3.05, 3.63) is 35.2 Å². The van der Waals surface area contributed by atoms with Crippen LogP contribution in [-0.2, 0) is 9.53 Å². The zero-order chi connectivity index (χ0) is 35.7. The molecule has 11 N–H and O–H groups in total. The van der Waals surface area contributed by atoms with Gasteiger partial charge in [-0.3, -0.25) is 4.79 Å². The molecule has 4 fully saturated rings. The van der Waals surface area contributed by atoms with Crippen LogP contribution in [-0.4, -0.2) is 109 Å². The van der Waals surface area contributed by atoms with Crippen molar-refractivity contribution >= 4 is 5.78 Å². The third kappa shape index (κ3) is 5.83. The van der Waals surface area contributed by atoms with Gasteiger partial charge in [0.2, 0.25) is 0 Å². The number of carbonyl (C=O) groups excluding carboxylic acids is 1. The summed E-state index contributed by atoms with van der Waals surface area (Å²) < 4.78 is 5.93. The van der Waals surface area contributed by atoms with Gasteiger partial charge < -0.3 is 56.8 Å². The Bertz CT molecular complexity index is 1370. The molecule has 1 unspecified atom stereocenters. The molecule has 12 heteroatoms. The van der Waals surface area contributed by atoms with Gasteiger partial charge in [-0.05, 0) is 106 Å². The second-order valence-corrected chi connectivity index (χ2v) is 16.8. The number of dihydropyridines is 1. The number of rotatable bonds is 10. The average Bonchev–Trinajstić information content (AvgIpc) is 3.57. The molecule has 15 atom stereocenters. The fourth-order valence-electron chi connectivity index (χ4n) is 11.1. The lowest BCUT2D eigenvalue weighted by Crippen LogP contribution is -2.65. The normalized spacial score (nSPS) is 45.8. The van der Waals surface area contributed by atoms with E-state index in [9.17, 15) is 40.5 Å². The summed E-state index contributed by atoms with van der Waals surface area (Å²) in [7, 11) is 0. The summed E-state index contributed by atoms with van der Waals surface area (Å²) in [6.07, 6.45) is 3.50. The lowest BCUT2D eigenvalue weighted by atomic mass is 9.43. The van der Waals surface area contributed by atoms with Crippen molar-refractivity contribution in [2.75, 3.05) is 19.8 Å². The topological polar surface area (TPSA) is 218 Å². The van der Waals surface area contributed by atoms with Gasteiger partial charge in [0.1, 0.15) is 6.10 Å². The molecule has 2 heterocycles. The van der Waals surface area contributed by atoms with E-state index >= 15 is 0 Å². The summed E-state index contributed by atoms with van der Waals surface area (Å²) in [6, 6.07) is 0. The zero-order valence-electron chi connectivity index (χ0n) is 29.4. The van der Waals surface area contributed by atoms with E-state index in [0.717, 1.165) is 5.57 Å². The quantitative estimate of drug-likeness (QED) is 0.150. The molecule has 12 nitrogen and oxygen atoms in total. The maximum atomic E-state index is 14.8. The van der Waals surface area contributed by atoms with Gasteiger partial charge in [-0.25, -0.2) is 0 Å². The van der Waals surface area contributed by atoms with Crippen LogP contribution in [0.1, 0.15) is 79.1 Å². The number of carbonyl (C=O) groups is 1. The van der Waals surface area contributed by atoms with E-state index in [2.05, 4.69) is 10.6 Å². The minimum absolute atomic E-state index is 0.00817. The number of nitrogens with one attached hydrogen (secondary N) is 2. The lowest BCUT2D eigenvalue weighted by molar-refractivity contribution is -0.198. The van der Waals surface area contributed by atoms with Gasteiger partial charge >= 0.3 is 0 Å². The third-order valence-corrected chi connectivity index (χ3v) is 13.9. The van der Waals surface area contributed by atoms with Crippen molar-refractivity contribution in [2.24, 2.45) is 46.2 Å². The number of aliphatic hydroxyl groups is 7. The molecular weight excluding hydrogens is 630 g/mol. The minimum Gasteiger partial charge on any atom is -0.396 e. The second kappa shape index (κ2) is 13.3. The summed E-state index contributed by atoms with van der Waals surface area (Å²) in [5, 5.41) is 86.0. The Kier molecular flexibility index (Phi) is 10.00. The van der Waals surface area contributed by atoms with Gasteiger partial charge in [0.15, 0.2) is 5.78 Å². The molecule has 0 aromatic rings. The predicted molar refractivity (Wildman–Crippen MR) is 181 cm³/mol. The van der Waals surface area contributed by atoms with Crippen LogP contribution < -0.4 is 16.4 Å². The SMILES string of the molecule is C[C@H](O)CNC1=C2[C@H](CC[C@]3(C)[C@@H]([C@@](C)(O)[C@H](O)[C@@H]4OC[C@@H](C)[C@@H]4CO)CC[C@@]23O)[C@@]2(CCC3=CNC(N)C=C3)C[C@H](O)[C@H](O)C[C@H]2C1=O. The van der Waals surface area contributed by atoms with E-state index in [-0.39, 0.29) is 67.8 Å².